The lowest BCUT2D eigenvalue weighted by molar-refractivity contribution is -0.122. The number of halogens is 2. The van der Waals surface area contributed by atoms with Crippen LogP contribution in [0.2, 0.25) is 5.02 Å². The molecule has 2 aliphatic rings. The molecule has 2 atom stereocenters. The number of rotatable bonds is 1. The van der Waals surface area contributed by atoms with Gasteiger partial charge in [-0.1, -0.05) is 11.6 Å². The number of amides is 1. The molecule has 0 spiro atoms. The van der Waals surface area contributed by atoms with Gasteiger partial charge in [-0.15, -0.1) is 0 Å². The number of pyridine rings is 1. The van der Waals surface area contributed by atoms with Gasteiger partial charge in [0.05, 0.1) is 21.5 Å². The molecule has 0 aromatic carbocycles. The van der Waals surface area contributed by atoms with E-state index in [-0.39, 0.29) is 17.9 Å². The molecule has 2 unspecified atom stereocenters. The van der Waals surface area contributed by atoms with Gasteiger partial charge in [0, 0.05) is 19.3 Å². The predicted octanol–water partition coefficient (Wildman–Crippen LogP) is 2.21. The lowest BCUT2D eigenvalue weighted by Crippen LogP contribution is -2.46. The van der Waals surface area contributed by atoms with E-state index in [0.29, 0.717) is 11.6 Å². The second-order valence-corrected chi connectivity index (χ2v) is 6.00. The first kappa shape index (κ1) is 12.2. The summed E-state index contributed by atoms with van der Waals surface area (Å²) in [6, 6.07) is 2.06. The molecule has 1 amide bonds. The molecule has 2 saturated heterocycles. The van der Waals surface area contributed by atoms with Crippen molar-refractivity contribution < 1.29 is 4.79 Å². The van der Waals surface area contributed by atoms with E-state index in [9.17, 15) is 4.79 Å². The molecule has 1 N–H and O–H groups in total. The maximum absolute atomic E-state index is 11.7. The molecule has 0 saturated carbocycles. The number of fused-ring (bicyclic) bond motifs is 1. The normalized spacial score (nSPS) is 27.0. The molecule has 3 rings (SSSR count). The van der Waals surface area contributed by atoms with Gasteiger partial charge in [0.25, 0.3) is 0 Å². The molecule has 96 valence electrons. The highest BCUT2D eigenvalue weighted by molar-refractivity contribution is 9.10. The molecule has 2 aliphatic heterocycles. The molecule has 1 aromatic rings. The summed E-state index contributed by atoms with van der Waals surface area (Å²) >= 11 is 9.41. The third-order valence-electron chi connectivity index (χ3n) is 3.66. The van der Waals surface area contributed by atoms with Crippen LogP contribution in [0.3, 0.4) is 0 Å². The summed E-state index contributed by atoms with van der Waals surface area (Å²) in [5.74, 6) is 1.16. The summed E-state index contributed by atoms with van der Waals surface area (Å²) in [5, 5.41) is 3.55. The number of hydrogen-bond acceptors (Lipinski definition) is 3. The van der Waals surface area contributed by atoms with Crippen LogP contribution in [0.5, 0.6) is 0 Å². The highest BCUT2D eigenvalue weighted by Gasteiger charge is 2.41. The lowest BCUT2D eigenvalue weighted by Gasteiger charge is -2.37. The fourth-order valence-electron chi connectivity index (χ4n) is 2.83. The van der Waals surface area contributed by atoms with Crippen LogP contribution in [0.1, 0.15) is 12.8 Å². The SMILES string of the molecule is O=C1NCC2C1CCCN2c1ncc(Cl)cc1Br. The van der Waals surface area contributed by atoms with Crippen molar-refractivity contribution in [2.75, 3.05) is 18.0 Å². The average molecular weight is 331 g/mol. The average Bonchev–Trinajstić information content (AvgIpc) is 2.72. The van der Waals surface area contributed by atoms with E-state index in [1.54, 1.807) is 6.20 Å². The lowest BCUT2D eigenvalue weighted by atomic mass is 9.91. The number of nitrogens with zero attached hydrogens (tertiary/aromatic N) is 2. The van der Waals surface area contributed by atoms with Gasteiger partial charge in [-0.3, -0.25) is 4.79 Å². The van der Waals surface area contributed by atoms with Crippen molar-refractivity contribution in [3.05, 3.63) is 21.8 Å². The largest absolute Gasteiger partial charge is 0.354 e. The van der Waals surface area contributed by atoms with Crippen molar-refractivity contribution >= 4 is 39.3 Å². The summed E-state index contributed by atoms with van der Waals surface area (Å²) in [6.07, 6.45) is 3.64. The van der Waals surface area contributed by atoms with Crippen LogP contribution in [0.15, 0.2) is 16.7 Å². The van der Waals surface area contributed by atoms with Crippen LogP contribution in [-0.2, 0) is 4.79 Å². The van der Waals surface area contributed by atoms with E-state index in [1.807, 2.05) is 6.07 Å². The minimum atomic E-state index is 0.100. The van der Waals surface area contributed by atoms with Crippen molar-refractivity contribution in [2.45, 2.75) is 18.9 Å². The quantitative estimate of drug-likeness (QED) is 0.859. The fourth-order valence-corrected chi connectivity index (χ4v) is 3.70. The third-order valence-corrected chi connectivity index (χ3v) is 4.45. The molecular weight excluding hydrogens is 318 g/mol. The Balaban J connectivity index is 1.93. The summed E-state index contributed by atoms with van der Waals surface area (Å²) in [6.45, 7) is 1.64. The predicted molar refractivity (Wildman–Crippen MR) is 73.8 cm³/mol. The third kappa shape index (κ3) is 1.99. The van der Waals surface area contributed by atoms with E-state index in [0.717, 1.165) is 29.7 Å². The number of hydrogen-bond donors (Lipinski definition) is 1. The fraction of sp³-hybridized carbons (Fsp3) is 0.500. The Morgan fingerprint density at radius 3 is 3.17 bits per heavy atom. The molecule has 3 heterocycles. The van der Waals surface area contributed by atoms with Crippen LogP contribution in [0.4, 0.5) is 5.82 Å². The summed E-state index contributed by atoms with van der Waals surface area (Å²) in [5.41, 5.74) is 0. The van der Waals surface area contributed by atoms with Gasteiger partial charge in [-0.05, 0) is 34.8 Å². The molecule has 0 bridgehead atoms. The number of carbonyl (C=O) groups is 1. The highest BCUT2D eigenvalue weighted by atomic mass is 79.9. The van der Waals surface area contributed by atoms with E-state index in [4.69, 9.17) is 11.6 Å². The van der Waals surface area contributed by atoms with Gasteiger partial charge in [0.1, 0.15) is 5.82 Å². The highest BCUT2D eigenvalue weighted by Crippen LogP contribution is 2.34. The Kier molecular flexibility index (Phi) is 3.20. The van der Waals surface area contributed by atoms with Crippen molar-refractivity contribution in [2.24, 2.45) is 5.92 Å². The number of carbonyl (C=O) groups excluding carboxylic acids is 1. The van der Waals surface area contributed by atoms with E-state index in [2.05, 4.69) is 31.1 Å². The number of nitrogens with one attached hydrogen (secondary N) is 1. The van der Waals surface area contributed by atoms with Crippen molar-refractivity contribution in [3.8, 4) is 0 Å². The minimum absolute atomic E-state index is 0.100. The van der Waals surface area contributed by atoms with Crippen LogP contribution >= 0.6 is 27.5 Å². The second-order valence-electron chi connectivity index (χ2n) is 4.71. The Bertz CT molecular complexity index is 496. The maximum atomic E-state index is 11.7. The van der Waals surface area contributed by atoms with Crippen LogP contribution in [0.25, 0.3) is 0 Å². The Labute approximate surface area is 119 Å². The van der Waals surface area contributed by atoms with Crippen molar-refractivity contribution in [3.63, 3.8) is 0 Å². The zero-order chi connectivity index (χ0) is 12.7. The standard InChI is InChI=1S/C12H13BrClN3O/c13-9-4-7(14)5-15-11(9)17-3-1-2-8-10(17)6-16-12(8)18/h4-5,8,10H,1-3,6H2,(H,16,18). The minimum Gasteiger partial charge on any atom is -0.354 e. The second kappa shape index (κ2) is 4.70. The van der Waals surface area contributed by atoms with Gasteiger partial charge < -0.3 is 10.2 Å². The molecular formula is C12H13BrClN3O. The number of anilines is 1. The zero-order valence-corrected chi connectivity index (χ0v) is 12.0. The first-order chi connectivity index (χ1) is 8.66. The smallest absolute Gasteiger partial charge is 0.225 e. The Morgan fingerprint density at radius 1 is 1.56 bits per heavy atom. The molecule has 0 aliphatic carbocycles. The zero-order valence-electron chi connectivity index (χ0n) is 9.70. The van der Waals surface area contributed by atoms with E-state index in [1.165, 1.54) is 0 Å². The van der Waals surface area contributed by atoms with Crippen molar-refractivity contribution in [1.82, 2.24) is 10.3 Å². The van der Waals surface area contributed by atoms with Crippen LogP contribution < -0.4 is 10.2 Å². The van der Waals surface area contributed by atoms with Gasteiger partial charge >= 0.3 is 0 Å². The van der Waals surface area contributed by atoms with Crippen LogP contribution in [-0.4, -0.2) is 30.0 Å². The van der Waals surface area contributed by atoms with E-state index < -0.39 is 0 Å². The topological polar surface area (TPSA) is 45.2 Å². The van der Waals surface area contributed by atoms with Gasteiger partial charge in [-0.2, -0.15) is 0 Å². The summed E-state index contributed by atoms with van der Waals surface area (Å²) in [4.78, 5) is 18.3. The van der Waals surface area contributed by atoms with Crippen LogP contribution in [0, 0.1) is 5.92 Å². The van der Waals surface area contributed by atoms with Gasteiger partial charge in [0.2, 0.25) is 5.91 Å². The molecule has 6 heteroatoms. The molecule has 0 radical (unpaired) electrons. The molecule has 1 aromatic heterocycles. The summed E-state index contributed by atoms with van der Waals surface area (Å²) < 4.78 is 0.884. The molecule has 4 nitrogen and oxygen atoms in total. The Morgan fingerprint density at radius 2 is 2.39 bits per heavy atom. The van der Waals surface area contributed by atoms with Gasteiger partial charge in [-0.25, -0.2) is 4.98 Å². The number of piperidine rings is 1. The van der Waals surface area contributed by atoms with E-state index >= 15 is 0 Å². The number of aromatic nitrogens is 1. The molecule has 18 heavy (non-hydrogen) atoms. The first-order valence-corrected chi connectivity index (χ1v) is 7.19. The first-order valence-electron chi connectivity index (χ1n) is 6.02. The summed E-state index contributed by atoms with van der Waals surface area (Å²) in [7, 11) is 0. The Hall–Kier alpha value is -0.810. The van der Waals surface area contributed by atoms with Gasteiger partial charge in [0.15, 0.2) is 0 Å². The maximum Gasteiger partial charge on any atom is 0.225 e. The molecule has 2 fully saturated rings. The monoisotopic (exact) mass is 329 g/mol. The van der Waals surface area contributed by atoms with Crippen molar-refractivity contribution in [1.29, 1.82) is 0 Å².